The van der Waals surface area contributed by atoms with Crippen LogP contribution in [0.25, 0.3) is 0 Å². The molecule has 1 aliphatic heterocycles. The fraction of sp³-hybridized carbons (Fsp3) is 0.429. The van der Waals surface area contributed by atoms with Crippen molar-refractivity contribution in [2.24, 2.45) is 5.92 Å². The quantitative estimate of drug-likeness (QED) is 0.794. The third-order valence-corrected chi connectivity index (χ3v) is 2.46. The predicted molar refractivity (Wildman–Crippen MR) is 46.5 cm³/mol. The van der Waals surface area contributed by atoms with E-state index in [0.29, 0.717) is 12.4 Å². The highest BCUT2D eigenvalue weighted by Gasteiger charge is 2.27. The Hall–Kier alpha value is -1.04. The molecule has 13 heavy (non-hydrogen) atoms. The van der Waals surface area contributed by atoms with Crippen molar-refractivity contribution in [1.29, 1.82) is 0 Å². The Morgan fingerprint density at radius 1 is 1.85 bits per heavy atom. The Kier molecular flexibility index (Phi) is 1.99. The number of hydrogen-bond donors (Lipinski definition) is 1. The highest BCUT2D eigenvalue weighted by Crippen LogP contribution is 2.28. The van der Waals surface area contributed by atoms with E-state index in [-0.39, 0.29) is 6.61 Å². The highest BCUT2D eigenvalue weighted by molar-refractivity contribution is 9.10. The van der Waals surface area contributed by atoms with Crippen molar-refractivity contribution in [3.05, 3.63) is 10.7 Å². The fourth-order valence-electron chi connectivity index (χ4n) is 1.22. The molecule has 0 spiro atoms. The Balaban J connectivity index is 2.25. The zero-order valence-corrected chi connectivity index (χ0v) is 8.19. The number of carboxylic acid groups (broad SMARTS) is 1. The molecule has 0 fully saturated rings. The molecule has 1 aromatic heterocycles. The summed E-state index contributed by atoms with van der Waals surface area (Å²) in [6.45, 7) is 0.579. The van der Waals surface area contributed by atoms with Gasteiger partial charge < -0.3 is 9.84 Å². The van der Waals surface area contributed by atoms with Gasteiger partial charge >= 0.3 is 5.97 Å². The van der Waals surface area contributed by atoms with Gasteiger partial charge in [-0.05, 0) is 15.9 Å². The van der Waals surface area contributed by atoms with Crippen LogP contribution in [0.1, 0.15) is 0 Å². The van der Waals surface area contributed by atoms with Crippen molar-refractivity contribution in [3.8, 4) is 5.88 Å². The first-order chi connectivity index (χ1) is 6.18. The zero-order chi connectivity index (χ0) is 9.42. The second-order valence-electron chi connectivity index (χ2n) is 2.83. The van der Waals surface area contributed by atoms with Crippen LogP contribution in [0.5, 0.6) is 5.88 Å². The molecule has 1 aromatic rings. The molecule has 0 amide bonds. The molecule has 0 radical (unpaired) electrons. The number of nitrogens with zero attached hydrogens (tertiary/aromatic N) is 2. The maximum atomic E-state index is 10.6. The largest absolute Gasteiger partial charge is 0.481 e. The van der Waals surface area contributed by atoms with Crippen LogP contribution in [-0.2, 0) is 11.3 Å². The van der Waals surface area contributed by atoms with E-state index < -0.39 is 11.9 Å². The maximum absolute atomic E-state index is 10.6. The molecule has 1 aliphatic rings. The molecule has 0 saturated carbocycles. The SMILES string of the molecule is O=C(O)C1COc2c(Br)cnn2C1. The molecule has 2 rings (SSSR count). The Labute approximate surface area is 82.4 Å². The normalized spacial score (nSPS) is 20.5. The van der Waals surface area contributed by atoms with Gasteiger partial charge in [-0.2, -0.15) is 5.10 Å². The second kappa shape index (κ2) is 3.02. The van der Waals surface area contributed by atoms with Gasteiger partial charge in [0.15, 0.2) is 0 Å². The van der Waals surface area contributed by atoms with Crippen LogP contribution in [0.4, 0.5) is 0 Å². The van der Waals surface area contributed by atoms with Crippen molar-refractivity contribution in [2.75, 3.05) is 6.61 Å². The molecule has 1 atom stereocenters. The molecule has 0 aliphatic carbocycles. The summed E-state index contributed by atoms with van der Waals surface area (Å²) in [7, 11) is 0. The minimum absolute atomic E-state index is 0.208. The van der Waals surface area contributed by atoms with Gasteiger partial charge in [0, 0.05) is 0 Å². The van der Waals surface area contributed by atoms with Gasteiger partial charge in [0.2, 0.25) is 5.88 Å². The number of aliphatic carboxylic acids is 1. The van der Waals surface area contributed by atoms with Crippen molar-refractivity contribution in [3.63, 3.8) is 0 Å². The van der Waals surface area contributed by atoms with Crippen LogP contribution >= 0.6 is 15.9 Å². The Morgan fingerprint density at radius 2 is 2.62 bits per heavy atom. The lowest BCUT2D eigenvalue weighted by molar-refractivity contribution is -0.144. The Bertz CT molecular complexity index is 350. The minimum atomic E-state index is -0.850. The number of aromatic nitrogens is 2. The van der Waals surface area contributed by atoms with E-state index in [9.17, 15) is 4.79 Å². The van der Waals surface area contributed by atoms with E-state index in [1.54, 1.807) is 10.9 Å². The smallest absolute Gasteiger partial charge is 0.311 e. The van der Waals surface area contributed by atoms with E-state index in [4.69, 9.17) is 9.84 Å². The maximum Gasteiger partial charge on any atom is 0.311 e. The highest BCUT2D eigenvalue weighted by atomic mass is 79.9. The van der Waals surface area contributed by atoms with Gasteiger partial charge in [-0.3, -0.25) is 4.79 Å². The van der Waals surface area contributed by atoms with Gasteiger partial charge in [-0.25, -0.2) is 4.68 Å². The molecule has 2 heterocycles. The summed E-state index contributed by atoms with van der Waals surface area (Å²) in [5.41, 5.74) is 0. The van der Waals surface area contributed by atoms with Crippen LogP contribution in [0.15, 0.2) is 10.7 Å². The van der Waals surface area contributed by atoms with Crippen LogP contribution < -0.4 is 4.74 Å². The molecule has 1 N–H and O–H groups in total. The number of hydrogen-bond acceptors (Lipinski definition) is 3. The van der Waals surface area contributed by atoms with Crippen molar-refractivity contribution in [1.82, 2.24) is 9.78 Å². The van der Waals surface area contributed by atoms with Gasteiger partial charge in [0.1, 0.15) is 12.5 Å². The van der Waals surface area contributed by atoms with Crippen LogP contribution in [0, 0.1) is 5.92 Å². The monoisotopic (exact) mass is 246 g/mol. The molecular formula is C7H7BrN2O3. The van der Waals surface area contributed by atoms with Crippen LogP contribution in [0.2, 0.25) is 0 Å². The third kappa shape index (κ3) is 1.41. The topological polar surface area (TPSA) is 64.3 Å². The molecule has 0 bridgehead atoms. The fourth-order valence-corrected chi connectivity index (χ4v) is 1.63. The first kappa shape index (κ1) is 8.55. The van der Waals surface area contributed by atoms with E-state index in [2.05, 4.69) is 21.0 Å². The van der Waals surface area contributed by atoms with E-state index >= 15 is 0 Å². The van der Waals surface area contributed by atoms with E-state index in [0.717, 1.165) is 4.47 Å². The first-order valence-corrected chi connectivity index (χ1v) is 4.54. The molecule has 5 nitrogen and oxygen atoms in total. The van der Waals surface area contributed by atoms with Crippen LogP contribution in [-0.4, -0.2) is 27.5 Å². The minimum Gasteiger partial charge on any atom is -0.481 e. The lowest BCUT2D eigenvalue weighted by Gasteiger charge is -2.20. The van der Waals surface area contributed by atoms with Crippen LogP contribution in [0.3, 0.4) is 0 Å². The third-order valence-electron chi connectivity index (χ3n) is 1.91. The van der Waals surface area contributed by atoms with Crippen molar-refractivity contribution in [2.45, 2.75) is 6.54 Å². The lowest BCUT2D eigenvalue weighted by atomic mass is 10.1. The van der Waals surface area contributed by atoms with E-state index in [1.807, 2.05) is 0 Å². The lowest BCUT2D eigenvalue weighted by Crippen LogP contribution is -2.31. The average Bonchev–Trinajstić information content (AvgIpc) is 2.47. The Morgan fingerprint density at radius 3 is 3.31 bits per heavy atom. The van der Waals surface area contributed by atoms with Crippen molar-refractivity contribution >= 4 is 21.9 Å². The second-order valence-corrected chi connectivity index (χ2v) is 3.68. The van der Waals surface area contributed by atoms with Gasteiger partial charge in [-0.15, -0.1) is 0 Å². The summed E-state index contributed by atoms with van der Waals surface area (Å²) in [6, 6.07) is 0. The standard InChI is InChI=1S/C7H7BrN2O3/c8-5-1-9-10-2-4(7(11)12)3-13-6(5)10/h1,4H,2-3H2,(H,11,12). The number of carbonyl (C=O) groups is 1. The first-order valence-electron chi connectivity index (χ1n) is 3.75. The number of halogens is 1. The van der Waals surface area contributed by atoms with Crippen molar-refractivity contribution < 1.29 is 14.6 Å². The summed E-state index contributed by atoms with van der Waals surface area (Å²) in [5.74, 6) is -0.742. The number of carboxylic acids is 1. The molecule has 70 valence electrons. The number of rotatable bonds is 1. The van der Waals surface area contributed by atoms with E-state index in [1.165, 1.54) is 0 Å². The molecule has 0 aromatic carbocycles. The summed E-state index contributed by atoms with van der Waals surface area (Å²) in [4.78, 5) is 10.6. The summed E-state index contributed by atoms with van der Waals surface area (Å²) in [6.07, 6.45) is 1.60. The number of fused-ring (bicyclic) bond motifs is 1. The molecule has 1 unspecified atom stereocenters. The predicted octanol–water partition coefficient (Wildman–Crippen LogP) is 0.739. The summed E-state index contributed by atoms with van der Waals surface area (Å²) >= 11 is 3.25. The van der Waals surface area contributed by atoms with Gasteiger partial charge in [-0.1, -0.05) is 0 Å². The average molecular weight is 247 g/mol. The number of ether oxygens (including phenoxy) is 1. The molecule has 6 heteroatoms. The van der Waals surface area contributed by atoms with Gasteiger partial charge in [0.05, 0.1) is 17.2 Å². The summed E-state index contributed by atoms with van der Waals surface area (Å²) in [5, 5.41) is 12.7. The molecule has 0 saturated heterocycles. The summed E-state index contributed by atoms with van der Waals surface area (Å²) < 4.78 is 7.55. The molecular weight excluding hydrogens is 240 g/mol. The zero-order valence-electron chi connectivity index (χ0n) is 6.61. The van der Waals surface area contributed by atoms with Gasteiger partial charge in [0.25, 0.3) is 0 Å².